The summed E-state index contributed by atoms with van der Waals surface area (Å²) in [6.07, 6.45) is 6.73. The van der Waals surface area contributed by atoms with E-state index in [4.69, 9.17) is 4.98 Å². The molecule has 8 heteroatoms. The molecule has 188 valence electrons. The van der Waals surface area contributed by atoms with Crippen molar-refractivity contribution in [3.63, 3.8) is 0 Å². The summed E-state index contributed by atoms with van der Waals surface area (Å²) in [6.45, 7) is 8.06. The van der Waals surface area contributed by atoms with Crippen LogP contribution < -0.4 is 10.9 Å². The highest BCUT2D eigenvalue weighted by molar-refractivity contribution is 6.04. The molecular formula is C27H38N6O2. The lowest BCUT2D eigenvalue weighted by Crippen LogP contribution is -2.43. The molecule has 3 aromatic rings. The molecule has 0 radical (unpaired) electrons. The van der Waals surface area contributed by atoms with Crippen LogP contribution in [0.15, 0.2) is 29.2 Å². The molecule has 5 rings (SSSR count). The second-order valence-corrected chi connectivity index (χ2v) is 10.3. The molecular weight excluding hydrogens is 440 g/mol. The number of fused-ring (bicyclic) bond motifs is 3. The first-order valence-electron chi connectivity index (χ1n) is 13.2. The maximum atomic E-state index is 14.0. The molecule has 2 N–H and O–H groups in total. The molecule has 8 nitrogen and oxygen atoms in total. The number of unbranched alkanes of at least 4 members (excludes halogenated alkanes) is 1. The van der Waals surface area contributed by atoms with Gasteiger partial charge in [-0.2, -0.15) is 4.98 Å². The highest BCUT2D eigenvalue weighted by atomic mass is 16.3. The zero-order chi connectivity index (χ0) is 24.4. The third-order valence-corrected chi connectivity index (χ3v) is 7.67. The van der Waals surface area contributed by atoms with Crippen LogP contribution in [0.3, 0.4) is 0 Å². The second kappa shape index (κ2) is 10.6. The van der Waals surface area contributed by atoms with Crippen molar-refractivity contribution in [2.45, 2.75) is 64.1 Å². The van der Waals surface area contributed by atoms with Crippen LogP contribution in [0.1, 0.15) is 57.1 Å². The summed E-state index contributed by atoms with van der Waals surface area (Å²) in [5.41, 5.74) is 1.89. The normalized spacial score (nSPS) is 22.1. The summed E-state index contributed by atoms with van der Waals surface area (Å²) in [4.78, 5) is 28.2. The lowest BCUT2D eigenvalue weighted by Gasteiger charge is -2.32. The predicted molar refractivity (Wildman–Crippen MR) is 141 cm³/mol. The Morgan fingerprint density at radius 3 is 2.57 bits per heavy atom. The average Bonchev–Trinajstić information content (AvgIpc) is 2.87. The van der Waals surface area contributed by atoms with E-state index in [-0.39, 0.29) is 17.7 Å². The number of pyridine rings is 1. The van der Waals surface area contributed by atoms with Crippen molar-refractivity contribution in [2.75, 3.05) is 45.1 Å². The van der Waals surface area contributed by atoms with Crippen LogP contribution in [0, 0.1) is 0 Å². The van der Waals surface area contributed by atoms with Gasteiger partial charge in [0, 0.05) is 62.3 Å². The third kappa shape index (κ3) is 5.20. The minimum absolute atomic E-state index is 0.0207. The molecule has 0 amide bonds. The van der Waals surface area contributed by atoms with E-state index in [0.29, 0.717) is 24.4 Å². The number of aliphatic hydroxyl groups excluding tert-OH is 1. The summed E-state index contributed by atoms with van der Waals surface area (Å²) < 4.78 is 1.90. The first-order valence-corrected chi connectivity index (χ1v) is 13.2. The molecule has 1 aliphatic heterocycles. The van der Waals surface area contributed by atoms with Crippen LogP contribution in [0.4, 0.5) is 5.95 Å². The smallest absolute Gasteiger partial charge is 0.260 e. The molecule has 0 spiro atoms. The van der Waals surface area contributed by atoms with Gasteiger partial charge >= 0.3 is 0 Å². The SMILES string of the molecule is CCCCNc1ncc2c3ccc(CN4CCN(C)CC4)cc3c(=O)n([C@H]3CC[C@@H](O)CC3)c2n1. The number of hydrogen-bond donors (Lipinski definition) is 2. The van der Waals surface area contributed by atoms with Gasteiger partial charge in [0.05, 0.1) is 6.10 Å². The summed E-state index contributed by atoms with van der Waals surface area (Å²) >= 11 is 0. The summed E-state index contributed by atoms with van der Waals surface area (Å²) in [5.74, 6) is 0.570. The van der Waals surface area contributed by atoms with E-state index in [1.165, 1.54) is 5.56 Å². The minimum Gasteiger partial charge on any atom is -0.393 e. The molecule has 0 unspecified atom stereocenters. The number of aromatic nitrogens is 3. The fourth-order valence-electron chi connectivity index (χ4n) is 5.46. The Hall–Kier alpha value is -2.55. The van der Waals surface area contributed by atoms with Gasteiger partial charge in [-0.05, 0) is 56.2 Å². The monoisotopic (exact) mass is 478 g/mol. The summed E-state index contributed by atoms with van der Waals surface area (Å²) in [6, 6.07) is 6.34. The first-order chi connectivity index (χ1) is 17.0. The number of rotatable bonds is 7. The Bertz CT molecular complexity index is 1230. The van der Waals surface area contributed by atoms with Gasteiger partial charge in [0.1, 0.15) is 5.65 Å². The fraction of sp³-hybridized carbons (Fsp3) is 0.593. The highest BCUT2D eigenvalue weighted by Crippen LogP contribution is 2.32. The molecule has 3 heterocycles. The molecule has 0 bridgehead atoms. The van der Waals surface area contributed by atoms with Gasteiger partial charge in [-0.1, -0.05) is 25.5 Å². The standard InChI is InChI=1S/C27H38N6O2/c1-3-4-11-28-27-29-17-24-22-10-5-19(18-32-14-12-31(2)13-15-32)16-23(22)26(35)33(25(24)30-27)20-6-8-21(34)9-7-20/h5,10,16-17,20-21,34H,3-4,6-9,11-15,18H2,1-2H3,(H,28,29,30)/t20-,21+. The number of nitrogens with zero attached hydrogens (tertiary/aromatic N) is 5. The zero-order valence-corrected chi connectivity index (χ0v) is 21.0. The zero-order valence-electron chi connectivity index (χ0n) is 21.0. The Morgan fingerprint density at radius 2 is 1.83 bits per heavy atom. The highest BCUT2D eigenvalue weighted by Gasteiger charge is 2.25. The first kappa shape index (κ1) is 24.2. The van der Waals surface area contributed by atoms with E-state index in [1.54, 1.807) is 0 Å². The number of likely N-dealkylation sites (N-methyl/N-ethyl adjacent to an activating group) is 1. The molecule has 2 aliphatic rings. The van der Waals surface area contributed by atoms with Crippen molar-refractivity contribution in [2.24, 2.45) is 0 Å². The maximum Gasteiger partial charge on any atom is 0.260 e. The van der Waals surface area contributed by atoms with E-state index in [1.807, 2.05) is 10.8 Å². The Morgan fingerprint density at radius 1 is 1.06 bits per heavy atom. The van der Waals surface area contributed by atoms with Gasteiger partial charge in [0.15, 0.2) is 0 Å². The number of aliphatic hydroxyl groups is 1. The number of anilines is 1. The number of benzene rings is 1. The Balaban J connectivity index is 1.57. The molecule has 35 heavy (non-hydrogen) atoms. The van der Waals surface area contributed by atoms with Gasteiger partial charge in [-0.15, -0.1) is 0 Å². The van der Waals surface area contributed by atoms with E-state index in [2.05, 4.69) is 52.3 Å². The Kier molecular flexibility index (Phi) is 7.32. The van der Waals surface area contributed by atoms with Crippen LogP contribution >= 0.6 is 0 Å². The van der Waals surface area contributed by atoms with Gasteiger partial charge < -0.3 is 15.3 Å². The van der Waals surface area contributed by atoms with Crippen LogP contribution in [-0.2, 0) is 6.54 Å². The molecule has 0 atom stereocenters. The average molecular weight is 479 g/mol. The molecule has 1 aromatic carbocycles. The Labute approximate surface area is 207 Å². The molecule has 1 aliphatic carbocycles. The maximum absolute atomic E-state index is 14.0. The second-order valence-electron chi connectivity index (χ2n) is 10.3. The van der Waals surface area contributed by atoms with Crippen LogP contribution in [0.2, 0.25) is 0 Å². The van der Waals surface area contributed by atoms with Gasteiger partial charge in [0.2, 0.25) is 5.95 Å². The van der Waals surface area contributed by atoms with Crippen molar-refractivity contribution in [3.05, 3.63) is 40.3 Å². The summed E-state index contributed by atoms with van der Waals surface area (Å²) in [5, 5.41) is 16.0. The summed E-state index contributed by atoms with van der Waals surface area (Å²) in [7, 11) is 2.16. The molecule has 2 aromatic heterocycles. The largest absolute Gasteiger partial charge is 0.393 e. The van der Waals surface area contributed by atoms with Crippen molar-refractivity contribution in [1.82, 2.24) is 24.3 Å². The van der Waals surface area contributed by atoms with Crippen molar-refractivity contribution >= 4 is 27.8 Å². The third-order valence-electron chi connectivity index (χ3n) is 7.67. The lowest BCUT2D eigenvalue weighted by atomic mass is 9.92. The van der Waals surface area contributed by atoms with E-state index in [9.17, 15) is 9.90 Å². The van der Waals surface area contributed by atoms with Crippen LogP contribution in [-0.4, -0.2) is 75.3 Å². The quantitative estimate of drug-likeness (QED) is 0.398. The number of piperazine rings is 1. The van der Waals surface area contributed by atoms with Crippen molar-refractivity contribution in [3.8, 4) is 0 Å². The lowest BCUT2D eigenvalue weighted by molar-refractivity contribution is 0.111. The molecule has 1 saturated heterocycles. The van der Waals surface area contributed by atoms with Crippen molar-refractivity contribution < 1.29 is 5.11 Å². The fourth-order valence-corrected chi connectivity index (χ4v) is 5.46. The predicted octanol–water partition coefficient (Wildman–Crippen LogP) is 3.38. The van der Waals surface area contributed by atoms with Gasteiger partial charge in [-0.25, -0.2) is 4.98 Å². The number of nitrogens with one attached hydrogen (secondary N) is 1. The van der Waals surface area contributed by atoms with Gasteiger partial charge in [0.25, 0.3) is 5.56 Å². The molecule has 2 fully saturated rings. The van der Waals surface area contributed by atoms with E-state index < -0.39 is 0 Å². The van der Waals surface area contributed by atoms with Crippen LogP contribution in [0.25, 0.3) is 21.8 Å². The van der Waals surface area contributed by atoms with E-state index >= 15 is 0 Å². The van der Waals surface area contributed by atoms with Crippen molar-refractivity contribution in [1.29, 1.82) is 0 Å². The van der Waals surface area contributed by atoms with Crippen LogP contribution in [0.5, 0.6) is 0 Å². The topological polar surface area (TPSA) is 86.5 Å². The van der Waals surface area contributed by atoms with E-state index in [0.717, 1.165) is 81.1 Å². The minimum atomic E-state index is -0.273. The number of hydrogen-bond acceptors (Lipinski definition) is 7. The molecule has 1 saturated carbocycles. The van der Waals surface area contributed by atoms with Gasteiger partial charge in [-0.3, -0.25) is 14.3 Å².